The van der Waals surface area contributed by atoms with Crippen LogP contribution in [0.4, 0.5) is 5.69 Å². The quantitative estimate of drug-likeness (QED) is 0.842. The highest BCUT2D eigenvalue weighted by Crippen LogP contribution is 2.22. The summed E-state index contributed by atoms with van der Waals surface area (Å²) >= 11 is 6.06. The molecule has 0 atom stereocenters. The van der Waals surface area contributed by atoms with Gasteiger partial charge in [-0.15, -0.1) is 0 Å². The number of ether oxygens (including phenoxy) is 1. The number of aryl methyl sites for hydroxylation is 1. The molecule has 0 aliphatic heterocycles. The SMILES string of the molecule is CCOc1ccc(C(=O)NCC(=O)Nc2ccc(C)cc2Cl)cc1. The van der Waals surface area contributed by atoms with Crippen LogP contribution in [0.3, 0.4) is 0 Å². The average Bonchev–Trinajstić information content (AvgIpc) is 2.56. The summed E-state index contributed by atoms with van der Waals surface area (Å²) < 4.78 is 5.32. The Morgan fingerprint density at radius 3 is 2.46 bits per heavy atom. The summed E-state index contributed by atoms with van der Waals surface area (Å²) in [5.74, 6) is 0.0176. The van der Waals surface area contributed by atoms with Crippen molar-refractivity contribution in [1.82, 2.24) is 5.32 Å². The molecule has 0 unspecified atom stereocenters. The lowest BCUT2D eigenvalue weighted by Gasteiger charge is -2.09. The van der Waals surface area contributed by atoms with Crippen LogP contribution in [0.5, 0.6) is 5.75 Å². The predicted molar refractivity (Wildman–Crippen MR) is 94.8 cm³/mol. The Labute approximate surface area is 146 Å². The molecule has 0 saturated carbocycles. The Morgan fingerprint density at radius 2 is 1.83 bits per heavy atom. The van der Waals surface area contributed by atoms with Crippen molar-refractivity contribution >= 4 is 29.1 Å². The lowest BCUT2D eigenvalue weighted by Crippen LogP contribution is -2.32. The Hall–Kier alpha value is -2.53. The highest BCUT2D eigenvalue weighted by Gasteiger charge is 2.10. The second-order valence-electron chi connectivity index (χ2n) is 5.17. The van der Waals surface area contributed by atoms with Crippen LogP contribution in [0.25, 0.3) is 0 Å². The van der Waals surface area contributed by atoms with E-state index < -0.39 is 0 Å². The van der Waals surface area contributed by atoms with Crippen molar-refractivity contribution in [2.75, 3.05) is 18.5 Å². The Bertz CT molecular complexity index is 730. The molecule has 2 aromatic carbocycles. The topological polar surface area (TPSA) is 67.4 Å². The molecule has 2 rings (SSSR count). The lowest BCUT2D eigenvalue weighted by atomic mass is 10.2. The second kappa shape index (κ2) is 8.36. The van der Waals surface area contributed by atoms with E-state index in [1.165, 1.54) is 0 Å². The predicted octanol–water partition coefficient (Wildman–Crippen LogP) is 3.42. The number of rotatable bonds is 6. The van der Waals surface area contributed by atoms with Crippen LogP contribution >= 0.6 is 11.6 Å². The van der Waals surface area contributed by atoms with E-state index in [4.69, 9.17) is 16.3 Å². The van der Waals surface area contributed by atoms with E-state index in [2.05, 4.69) is 10.6 Å². The molecule has 0 aromatic heterocycles. The summed E-state index contributed by atoms with van der Waals surface area (Å²) in [5.41, 5.74) is 1.98. The first-order chi connectivity index (χ1) is 11.5. The van der Waals surface area contributed by atoms with Gasteiger partial charge in [-0.2, -0.15) is 0 Å². The van der Waals surface area contributed by atoms with Gasteiger partial charge in [-0.1, -0.05) is 17.7 Å². The zero-order valence-electron chi connectivity index (χ0n) is 13.6. The monoisotopic (exact) mass is 346 g/mol. The van der Waals surface area contributed by atoms with E-state index in [-0.39, 0.29) is 18.4 Å². The number of halogens is 1. The van der Waals surface area contributed by atoms with Gasteiger partial charge < -0.3 is 15.4 Å². The van der Waals surface area contributed by atoms with Gasteiger partial charge in [-0.25, -0.2) is 0 Å². The fourth-order valence-corrected chi connectivity index (χ4v) is 2.33. The maximum Gasteiger partial charge on any atom is 0.251 e. The van der Waals surface area contributed by atoms with Gasteiger partial charge in [-0.3, -0.25) is 9.59 Å². The van der Waals surface area contributed by atoms with Crippen LogP contribution < -0.4 is 15.4 Å². The lowest BCUT2D eigenvalue weighted by molar-refractivity contribution is -0.115. The van der Waals surface area contributed by atoms with Crippen LogP contribution in [0, 0.1) is 6.92 Å². The Kier molecular flexibility index (Phi) is 6.21. The van der Waals surface area contributed by atoms with E-state index in [1.807, 2.05) is 19.9 Å². The van der Waals surface area contributed by atoms with Crippen LogP contribution in [0.1, 0.15) is 22.8 Å². The van der Waals surface area contributed by atoms with Gasteiger partial charge in [0.25, 0.3) is 5.91 Å². The molecule has 0 bridgehead atoms. The molecule has 0 saturated heterocycles. The third kappa shape index (κ3) is 4.99. The van der Waals surface area contributed by atoms with E-state index in [9.17, 15) is 9.59 Å². The van der Waals surface area contributed by atoms with Gasteiger partial charge >= 0.3 is 0 Å². The van der Waals surface area contributed by atoms with Crippen molar-refractivity contribution in [3.05, 3.63) is 58.6 Å². The van der Waals surface area contributed by atoms with Crippen LogP contribution in [0.2, 0.25) is 5.02 Å². The molecule has 126 valence electrons. The van der Waals surface area contributed by atoms with Crippen LogP contribution in [0.15, 0.2) is 42.5 Å². The third-order valence-electron chi connectivity index (χ3n) is 3.24. The van der Waals surface area contributed by atoms with E-state index in [1.54, 1.807) is 36.4 Å². The van der Waals surface area contributed by atoms with Crippen molar-refractivity contribution in [3.8, 4) is 5.75 Å². The number of anilines is 1. The van der Waals surface area contributed by atoms with Gasteiger partial charge in [0.15, 0.2) is 0 Å². The molecule has 0 heterocycles. The van der Waals surface area contributed by atoms with Gasteiger partial charge in [0, 0.05) is 5.56 Å². The zero-order chi connectivity index (χ0) is 17.5. The summed E-state index contributed by atoms with van der Waals surface area (Å²) in [6.45, 7) is 4.22. The molecule has 0 radical (unpaired) electrons. The molecule has 2 amide bonds. The smallest absolute Gasteiger partial charge is 0.251 e. The maximum absolute atomic E-state index is 12.0. The van der Waals surface area contributed by atoms with Crippen molar-refractivity contribution in [3.63, 3.8) is 0 Å². The maximum atomic E-state index is 12.0. The zero-order valence-corrected chi connectivity index (χ0v) is 14.3. The van der Waals surface area contributed by atoms with Crippen LogP contribution in [-0.4, -0.2) is 25.0 Å². The van der Waals surface area contributed by atoms with Crippen LogP contribution in [-0.2, 0) is 4.79 Å². The molecule has 6 heteroatoms. The third-order valence-corrected chi connectivity index (χ3v) is 3.55. The minimum atomic E-state index is -0.347. The molecule has 2 N–H and O–H groups in total. The minimum absolute atomic E-state index is 0.143. The van der Waals surface area contributed by atoms with Gasteiger partial charge in [0.2, 0.25) is 5.91 Å². The summed E-state index contributed by atoms with van der Waals surface area (Å²) in [7, 11) is 0. The van der Waals surface area contributed by atoms with E-state index >= 15 is 0 Å². The van der Waals surface area contributed by atoms with Gasteiger partial charge in [0.1, 0.15) is 5.75 Å². The second-order valence-corrected chi connectivity index (χ2v) is 5.58. The average molecular weight is 347 g/mol. The fourth-order valence-electron chi connectivity index (χ4n) is 2.05. The number of carbonyl (C=O) groups excluding carboxylic acids is 2. The molecule has 0 aliphatic rings. The Morgan fingerprint density at radius 1 is 1.12 bits per heavy atom. The van der Waals surface area contributed by atoms with E-state index in [0.29, 0.717) is 28.6 Å². The molecular formula is C18H19ClN2O3. The number of nitrogens with one attached hydrogen (secondary N) is 2. The molecule has 0 aliphatic carbocycles. The summed E-state index contributed by atoms with van der Waals surface area (Å²) in [4.78, 5) is 23.9. The Balaban J connectivity index is 1.87. The first kappa shape index (κ1) is 17.8. The summed E-state index contributed by atoms with van der Waals surface area (Å²) in [6.07, 6.45) is 0. The number of carbonyl (C=O) groups is 2. The fraction of sp³-hybridized carbons (Fsp3) is 0.222. The number of hydrogen-bond donors (Lipinski definition) is 2. The molecule has 2 aromatic rings. The highest BCUT2D eigenvalue weighted by atomic mass is 35.5. The van der Waals surface area contributed by atoms with Crippen molar-refractivity contribution in [2.45, 2.75) is 13.8 Å². The number of benzene rings is 2. The molecule has 0 spiro atoms. The molecular weight excluding hydrogens is 328 g/mol. The number of hydrogen-bond acceptors (Lipinski definition) is 3. The number of amides is 2. The molecule has 5 nitrogen and oxygen atoms in total. The van der Waals surface area contributed by atoms with E-state index in [0.717, 1.165) is 5.56 Å². The van der Waals surface area contributed by atoms with Crippen molar-refractivity contribution in [2.24, 2.45) is 0 Å². The first-order valence-electron chi connectivity index (χ1n) is 7.56. The normalized spacial score (nSPS) is 10.1. The van der Waals surface area contributed by atoms with Crippen molar-refractivity contribution in [1.29, 1.82) is 0 Å². The van der Waals surface area contributed by atoms with Gasteiger partial charge in [0.05, 0.1) is 23.9 Å². The van der Waals surface area contributed by atoms with Crippen molar-refractivity contribution < 1.29 is 14.3 Å². The summed E-state index contributed by atoms with van der Waals surface area (Å²) in [5, 5.41) is 5.69. The highest BCUT2D eigenvalue weighted by molar-refractivity contribution is 6.33. The van der Waals surface area contributed by atoms with Gasteiger partial charge in [-0.05, 0) is 55.8 Å². The standard InChI is InChI=1S/C18H19ClN2O3/c1-3-24-14-7-5-13(6-8-14)18(23)20-11-17(22)21-16-9-4-12(2)10-15(16)19/h4-10H,3,11H2,1-2H3,(H,20,23)(H,21,22). The first-order valence-corrected chi connectivity index (χ1v) is 7.94. The minimum Gasteiger partial charge on any atom is -0.494 e. The summed E-state index contributed by atoms with van der Waals surface area (Å²) in [6, 6.07) is 12.1. The molecule has 0 fully saturated rings. The molecule has 24 heavy (non-hydrogen) atoms. The largest absolute Gasteiger partial charge is 0.494 e.